The minimum absolute atomic E-state index is 0.239. The number of hydrogen-bond donors (Lipinski definition) is 1. The van der Waals surface area contributed by atoms with Crippen molar-refractivity contribution in [1.29, 1.82) is 0 Å². The first kappa shape index (κ1) is 14.0. The van der Waals surface area contributed by atoms with Crippen LogP contribution in [0, 0.1) is 5.82 Å². The molecule has 0 heterocycles. The lowest BCUT2D eigenvalue weighted by Crippen LogP contribution is -2.03. The molecule has 1 atom stereocenters. The van der Waals surface area contributed by atoms with Crippen LogP contribution in [0.3, 0.4) is 0 Å². The molecule has 0 aliphatic rings. The molecule has 4 heteroatoms. The van der Waals surface area contributed by atoms with Gasteiger partial charge in [-0.15, -0.1) is 0 Å². The van der Waals surface area contributed by atoms with Crippen LogP contribution in [0.1, 0.15) is 24.2 Å². The second kappa shape index (κ2) is 6.17. The highest BCUT2D eigenvalue weighted by atomic mass is 79.9. The average molecular weight is 325 g/mol. The Morgan fingerprint density at radius 3 is 2.79 bits per heavy atom. The Hall–Kier alpha value is -1.39. The van der Waals surface area contributed by atoms with Crippen molar-refractivity contribution in [2.45, 2.75) is 13.0 Å². The zero-order chi connectivity index (χ0) is 13.8. The standard InChI is InChI=1S/C15H14BrFO2/c1-2-19-12-5-3-4-10(8-12)15(18)13-9-11(16)6-7-14(13)17/h3-9,15,18H,2H2,1H3. The number of halogens is 2. The van der Waals surface area contributed by atoms with Crippen molar-refractivity contribution >= 4 is 15.9 Å². The zero-order valence-corrected chi connectivity index (χ0v) is 12.0. The van der Waals surface area contributed by atoms with Gasteiger partial charge in [0, 0.05) is 10.0 Å². The van der Waals surface area contributed by atoms with Gasteiger partial charge < -0.3 is 9.84 Å². The smallest absolute Gasteiger partial charge is 0.129 e. The number of ether oxygens (including phenoxy) is 1. The highest BCUT2D eigenvalue weighted by Gasteiger charge is 2.16. The molecule has 0 aliphatic carbocycles. The summed E-state index contributed by atoms with van der Waals surface area (Å²) < 4.78 is 19.8. The lowest BCUT2D eigenvalue weighted by atomic mass is 10.0. The third-order valence-electron chi connectivity index (χ3n) is 2.74. The first-order valence-electron chi connectivity index (χ1n) is 5.97. The Morgan fingerprint density at radius 1 is 1.26 bits per heavy atom. The predicted octanol–water partition coefficient (Wildman–Crippen LogP) is 4.07. The summed E-state index contributed by atoms with van der Waals surface area (Å²) in [6.07, 6.45) is -1.02. The number of aliphatic hydroxyl groups excluding tert-OH is 1. The van der Waals surface area contributed by atoms with Crippen LogP contribution in [0.4, 0.5) is 4.39 Å². The minimum atomic E-state index is -1.02. The summed E-state index contributed by atoms with van der Waals surface area (Å²) in [5.74, 6) is 0.229. The van der Waals surface area contributed by atoms with Crippen molar-refractivity contribution in [2.75, 3.05) is 6.61 Å². The molecule has 0 amide bonds. The van der Waals surface area contributed by atoms with Crippen LogP contribution in [-0.4, -0.2) is 11.7 Å². The molecule has 0 saturated carbocycles. The molecular weight excluding hydrogens is 311 g/mol. The quantitative estimate of drug-likeness (QED) is 0.918. The third-order valence-corrected chi connectivity index (χ3v) is 3.23. The van der Waals surface area contributed by atoms with Crippen LogP contribution in [0.2, 0.25) is 0 Å². The molecule has 2 rings (SSSR count). The molecule has 1 N–H and O–H groups in total. The van der Waals surface area contributed by atoms with Crippen molar-refractivity contribution in [1.82, 2.24) is 0 Å². The Labute approximate surface area is 120 Å². The molecule has 0 fully saturated rings. The van der Waals surface area contributed by atoms with E-state index in [2.05, 4.69) is 15.9 Å². The predicted molar refractivity (Wildman–Crippen MR) is 75.8 cm³/mol. The second-order valence-electron chi connectivity index (χ2n) is 4.07. The summed E-state index contributed by atoms with van der Waals surface area (Å²) in [5.41, 5.74) is 0.839. The van der Waals surface area contributed by atoms with Crippen LogP contribution >= 0.6 is 15.9 Å². The van der Waals surface area contributed by atoms with Gasteiger partial charge in [0.05, 0.1) is 6.61 Å². The molecule has 0 bridgehead atoms. The van der Waals surface area contributed by atoms with E-state index in [1.165, 1.54) is 6.07 Å². The Kier molecular flexibility index (Phi) is 4.56. The average Bonchev–Trinajstić information content (AvgIpc) is 2.41. The van der Waals surface area contributed by atoms with E-state index < -0.39 is 11.9 Å². The molecule has 100 valence electrons. The third kappa shape index (κ3) is 3.33. The molecule has 0 spiro atoms. The first-order valence-corrected chi connectivity index (χ1v) is 6.77. The Morgan fingerprint density at radius 2 is 2.05 bits per heavy atom. The van der Waals surface area contributed by atoms with Crippen molar-refractivity contribution in [3.05, 3.63) is 63.9 Å². The molecule has 0 radical (unpaired) electrons. The van der Waals surface area contributed by atoms with E-state index in [1.54, 1.807) is 36.4 Å². The molecule has 2 nitrogen and oxygen atoms in total. The van der Waals surface area contributed by atoms with Gasteiger partial charge in [-0.05, 0) is 42.8 Å². The zero-order valence-electron chi connectivity index (χ0n) is 10.4. The van der Waals surface area contributed by atoms with Crippen LogP contribution in [0.25, 0.3) is 0 Å². The Bertz CT molecular complexity index is 572. The summed E-state index contributed by atoms with van der Waals surface area (Å²) in [6, 6.07) is 11.5. The van der Waals surface area contributed by atoms with Gasteiger partial charge in [0.25, 0.3) is 0 Å². The SMILES string of the molecule is CCOc1cccc(C(O)c2cc(Br)ccc2F)c1. The molecule has 0 saturated heterocycles. The van der Waals surface area contributed by atoms with Gasteiger partial charge in [-0.2, -0.15) is 0 Å². The van der Waals surface area contributed by atoms with Crippen molar-refractivity contribution < 1.29 is 14.2 Å². The molecule has 19 heavy (non-hydrogen) atoms. The summed E-state index contributed by atoms with van der Waals surface area (Å²) in [5, 5.41) is 10.3. The second-order valence-corrected chi connectivity index (χ2v) is 4.99. The lowest BCUT2D eigenvalue weighted by molar-refractivity contribution is 0.214. The minimum Gasteiger partial charge on any atom is -0.494 e. The van der Waals surface area contributed by atoms with E-state index in [4.69, 9.17) is 4.74 Å². The largest absolute Gasteiger partial charge is 0.494 e. The molecule has 2 aromatic rings. The summed E-state index contributed by atoms with van der Waals surface area (Å²) in [6.45, 7) is 2.43. The van der Waals surface area contributed by atoms with Crippen LogP contribution in [-0.2, 0) is 0 Å². The normalized spacial score (nSPS) is 12.2. The van der Waals surface area contributed by atoms with E-state index in [0.717, 1.165) is 4.47 Å². The van der Waals surface area contributed by atoms with Gasteiger partial charge in [-0.1, -0.05) is 28.1 Å². The highest BCUT2D eigenvalue weighted by Crippen LogP contribution is 2.28. The van der Waals surface area contributed by atoms with Crippen molar-refractivity contribution in [2.24, 2.45) is 0 Å². The van der Waals surface area contributed by atoms with Crippen LogP contribution in [0.5, 0.6) is 5.75 Å². The van der Waals surface area contributed by atoms with Gasteiger partial charge in [0.15, 0.2) is 0 Å². The van der Waals surface area contributed by atoms with E-state index in [-0.39, 0.29) is 5.56 Å². The number of hydrogen-bond acceptors (Lipinski definition) is 2. The van der Waals surface area contributed by atoms with Crippen LogP contribution in [0.15, 0.2) is 46.9 Å². The van der Waals surface area contributed by atoms with Crippen LogP contribution < -0.4 is 4.74 Å². The molecule has 0 aliphatic heterocycles. The van der Waals surface area contributed by atoms with E-state index >= 15 is 0 Å². The fraction of sp³-hybridized carbons (Fsp3) is 0.200. The maximum atomic E-state index is 13.7. The van der Waals surface area contributed by atoms with Gasteiger partial charge >= 0.3 is 0 Å². The maximum absolute atomic E-state index is 13.7. The number of benzene rings is 2. The fourth-order valence-corrected chi connectivity index (χ4v) is 2.22. The van der Waals surface area contributed by atoms with Crippen molar-refractivity contribution in [3.8, 4) is 5.75 Å². The summed E-state index contributed by atoms with van der Waals surface area (Å²) >= 11 is 3.27. The molecule has 0 aromatic heterocycles. The topological polar surface area (TPSA) is 29.5 Å². The van der Waals surface area contributed by atoms with Gasteiger partial charge in [0.2, 0.25) is 0 Å². The summed E-state index contributed by atoms with van der Waals surface area (Å²) in [7, 11) is 0. The monoisotopic (exact) mass is 324 g/mol. The van der Waals surface area contributed by atoms with Gasteiger partial charge in [-0.25, -0.2) is 4.39 Å². The molecule has 2 aromatic carbocycles. The van der Waals surface area contributed by atoms with E-state index in [9.17, 15) is 9.50 Å². The molecular formula is C15H14BrFO2. The first-order chi connectivity index (χ1) is 9.11. The number of aliphatic hydroxyl groups is 1. The lowest BCUT2D eigenvalue weighted by Gasteiger charge is -2.14. The summed E-state index contributed by atoms with van der Waals surface area (Å²) in [4.78, 5) is 0. The highest BCUT2D eigenvalue weighted by molar-refractivity contribution is 9.10. The van der Waals surface area contributed by atoms with Gasteiger partial charge in [-0.3, -0.25) is 0 Å². The molecule has 1 unspecified atom stereocenters. The Balaban J connectivity index is 2.35. The van der Waals surface area contributed by atoms with E-state index in [1.807, 2.05) is 6.92 Å². The maximum Gasteiger partial charge on any atom is 0.129 e. The van der Waals surface area contributed by atoms with Gasteiger partial charge in [0.1, 0.15) is 17.7 Å². The van der Waals surface area contributed by atoms with E-state index in [0.29, 0.717) is 17.9 Å². The number of rotatable bonds is 4. The fourth-order valence-electron chi connectivity index (χ4n) is 1.84. The van der Waals surface area contributed by atoms with Crippen molar-refractivity contribution in [3.63, 3.8) is 0 Å².